The van der Waals surface area contributed by atoms with E-state index in [1.807, 2.05) is 0 Å². The Labute approximate surface area is 87.0 Å². The molecule has 2 amide bonds. The van der Waals surface area contributed by atoms with Gasteiger partial charge in [-0.05, 0) is 18.2 Å². The summed E-state index contributed by atoms with van der Waals surface area (Å²) in [7, 11) is 1.67. The topological polar surface area (TPSA) is 32.3 Å². The zero-order valence-corrected chi connectivity index (χ0v) is 8.43. The van der Waals surface area contributed by atoms with Gasteiger partial charge in [-0.3, -0.25) is 4.90 Å². The van der Waals surface area contributed by atoms with Crippen molar-refractivity contribution in [1.82, 2.24) is 4.90 Å². The maximum absolute atomic E-state index is 11.4. The maximum atomic E-state index is 11.4. The lowest BCUT2D eigenvalue weighted by Gasteiger charge is -2.27. The summed E-state index contributed by atoms with van der Waals surface area (Å²) >= 11 is 5.85. The molecule has 3 nitrogen and oxygen atoms in total. The van der Waals surface area contributed by atoms with Gasteiger partial charge in [0, 0.05) is 23.3 Å². The molecule has 2 rings (SSSR count). The minimum Gasteiger partial charge on any atom is -0.307 e. The summed E-state index contributed by atoms with van der Waals surface area (Å²) in [6.45, 7) is 3.83. The molecule has 14 heavy (non-hydrogen) atoms. The Hall–Kier alpha value is -1.48. The van der Waals surface area contributed by atoms with Crippen LogP contribution in [0.4, 0.5) is 10.5 Å². The molecular weight excluding hydrogens is 200 g/mol. The average Bonchev–Trinajstić information content (AvgIpc) is 2.16. The van der Waals surface area contributed by atoms with E-state index >= 15 is 0 Å². The van der Waals surface area contributed by atoms with Crippen molar-refractivity contribution < 1.29 is 4.79 Å². The molecule has 0 aromatic heterocycles. The SMILES string of the molecule is C=C1c2cc(Cl)ccc2NC(=O)N1C. The van der Waals surface area contributed by atoms with Crippen molar-refractivity contribution in [1.29, 1.82) is 0 Å². The fraction of sp³-hybridized carbons (Fsp3) is 0.100. The number of halogens is 1. The number of nitrogens with one attached hydrogen (secondary N) is 1. The number of fused-ring (bicyclic) bond motifs is 1. The lowest BCUT2D eigenvalue weighted by molar-refractivity contribution is 0.236. The van der Waals surface area contributed by atoms with E-state index in [0.29, 0.717) is 10.7 Å². The predicted octanol–water partition coefficient (Wildman–Crippen LogP) is 2.79. The van der Waals surface area contributed by atoms with E-state index in [-0.39, 0.29) is 6.03 Å². The van der Waals surface area contributed by atoms with Gasteiger partial charge in [-0.1, -0.05) is 18.2 Å². The van der Waals surface area contributed by atoms with Crippen LogP contribution in [-0.4, -0.2) is 18.0 Å². The first-order valence-corrected chi connectivity index (χ1v) is 4.51. The van der Waals surface area contributed by atoms with Crippen molar-refractivity contribution in [2.24, 2.45) is 0 Å². The number of hydrogen-bond donors (Lipinski definition) is 1. The van der Waals surface area contributed by atoms with E-state index in [9.17, 15) is 4.79 Å². The molecule has 0 radical (unpaired) electrons. The van der Waals surface area contributed by atoms with E-state index in [4.69, 9.17) is 11.6 Å². The van der Waals surface area contributed by atoms with E-state index in [1.54, 1.807) is 25.2 Å². The summed E-state index contributed by atoms with van der Waals surface area (Å²) in [5, 5.41) is 3.37. The van der Waals surface area contributed by atoms with Crippen molar-refractivity contribution in [3.8, 4) is 0 Å². The Bertz CT molecular complexity index is 428. The average molecular weight is 209 g/mol. The second kappa shape index (κ2) is 3.03. The number of urea groups is 1. The van der Waals surface area contributed by atoms with Crippen LogP contribution in [0.2, 0.25) is 5.02 Å². The van der Waals surface area contributed by atoms with Crippen molar-refractivity contribution in [3.05, 3.63) is 35.4 Å². The predicted molar refractivity (Wildman–Crippen MR) is 57.3 cm³/mol. The highest BCUT2D eigenvalue weighted by molar-refractivity contribution is 6.31. The lowest BCUT2D eigenvalue weighted by atomic mass is 10.1. The number of hydrogen-bond acceptors (Lipinski definition) is 1. The molecule has 0 fully saturated rings. The lowest BCUT2D eigenvalue weighted by Crippen LogP contribution is -2.34. The number of carbonyl (C=O) groups is 1. The summed E-state index contributed by atoms with van der Waals surface area (Å²) in [6, 6.07) is 5.12. The van der Waals surface area contributed by atoms with Crippen LogP contribution in [0.3, 0.4) is 0 Å². The van der Waals surface area contributed by atoms with Crippen LogP contribution in [0.25, 0.3) is 5.70 Å². The monoisotopic (exact) mass is 208 g/mol. The van der Waals surface area contributed by atoms with Crippen LogP contribution in [-0.2, 0) is 0 Å². The summed E-state index contributed by atoms with van der Waals surface area (Å²) in [6.07, 6.45) is 0. The number of rotatable bonds is 0. The molecule has 1 aliphatic heterocycles. The van der Waals surface area contributed by atoms with E-state index in [2.05, 4.69) is 11.9 Å². The number of amides is 2. The van der Waals surface area contributed by atoms with Crippen LogP contribution in [0.5, 0.6) is 0 Å². The van der Waals surface area contributed by atoms with Gasteiger partial charge >= 0.3 is 6.03 Å². The van der Waals surface area contributed by atoms with Crippen molar-refractivity contribution in [3.63, 3.8) is 0 Å². The smallest absolute Gasteiger partial charge is 0.307 e. The molecule has 1 aromatic carbocycles. The Kier molecular flexibility index (Phi) is 1.97. The standard InChI is InChI=1S/C10H9ClN2O/c1-6-8-5-7(11)3-4-9(8)12-10(14)13(6)2/h3-5H,1H2,2H3,(H,12,14). The molecule has 0 saturated carbocycles. The van der Waals surface area contributed by atoms with Gasteiger partial charge in [0.25, 0.3) is 0 Å². The second-order valence-electron chi connectivity index (χ2n) is 3.13. The maximum Gasteiger partial charge on any atom is 0.326 e. The highest BCUT2D eigenvalue weighted by Gasteiger charge is 2.22. The first-order valence-electron chi connectivity index (χ1n) is 4.13. The Morgan fingerprint density at radius 3 is 2.93 bits per heavy atom. The molecule has 72 valence electrons. The van der Waals surface area contributed by atoms with E-state index < -0.39 is 0 Å². The Balaban J connectivity index is 2.57. The molecule has 0 atom stereocenters. The quantitative estimate of drug-likeness (QED) is 0.699. The molecule has 1 aliphatic rings. The zero-order chi connectivity index (χ0) is 10.3. The van der Waals surface area contributed by atoms with E-state index in [1.165, 1.54) is 4.90 Å². The Morgan fingerprint density at radius 1 is 1.50 bits per heavy atom. The third kappa shape index (κ3) is 1.26. The van der Waals surface area contributed by atoms with E-state index in [0.717, 1.165) is 11.3 Å². The Morgan fingerprint density at radius 2 is 2.21 bits per heavy atom. The minimum absolute atomic E-state index is 0.176. The third-order valence-corrected chi connectivity index (χ3v) is 2.48. The molecule has 0 spiro atoms. The van der Waals surface area contributed by atoms with Crippen LogP contribution in [0.1, 0.15) is 5.56 Å². The number of nitrogens with zero attached hydrogens (tertiary/aromatic N) is 1. The van der Waals surface area contributed by atoms with Gasteiger partial charge in [0.1, 0.15) is 0 Å². The van der Waals surface area contributed by atoms with Crippen LogP contribution in [0, 0.1) is 0 Å². The fourth-order valence-electron chi connectivity index (χ4n) is 1.37. The molecule has 0 saturated heterocycles. The number of carbonyl (C=O) groups excluding carboxylic acids is 1. The normalized spacial score (nSPS) is 15.1. The minimum atomic E-state index is -0.176. The molecule has 1 N–H and O–H groups in total. The highest BCUT2D eigenvalue weighted by Crippen LogP contribution is 2.31. The first kappa shape index (κ1) is 9.09. The van der Waals surface area contributed by atoms with Gasteiger partial charge in [0.05, 0.1) is 5.69 Å². The fourth-order valence-corrected chi connectivity index (χ4v) is 1.54. The van der Waals surface area contributed by atoms with Gasteiger partial charge in [0.2, 0.25) is 0 Å². The summed E-state index contributed by atoms with van der Waals surface area (Å²) < 4.78 is 0. The largest absolute Gasteiger partial charge is 0.326 e. The van der Waals surface area contributed by atoms with Gasteiger partial charge < -0.3 is 5.32 Å². The van der Waals surface area contributed by atoms with Gasteiger partial charge in [0.15, 0.2) is 0 Å². The molecule has 0 unspecified atom stereocenters. The van der Waals surface area contributed by atoms with Crippen molar-refractivity contribution >= 4 is 29.0 Å². The molecular formula is C10H9ClN2O. The summed E-state index contributed by atoms with van der Waals surface area (Å²) in [5.74, 6) is 0. The van der Waals surface area contributed by atoms with Gasteiger partial charge in [-0.15, -0.1) is 0 Å². The molecule has 1 heterocycles. The molecule has 0 bridgehead atoms. The van der Waals surface area contributed by atoms with Crippen LogP contribution in [0.15, 0.2) is 24.8 Å². The zero-order valence-electron chi connectivity index (χ0n) is 7.67. The molecule has 1 aromatic rings. The van der Waals surface area contributed by atoms with Crippen LogP contribution < -0.4 is 5.32 Å². The molecule has 0 aliphatic carbocycles. The van der Waals surface area contributed by atoms with Gasteiger partial charge in [-0.25, -0.2) is 4.79 Å². The van der Waals surface area contributed by atoms with Gasteiger partial charge in [-0.2, -0.15) is 0 Å². The number of anilines is 1. The first-order chi connectivity index (χ1) is 6.59. The summed E-state index contributed by atoms with van der Waals surface area (Å²) in [5.41, 5.74) is 2.27. The van der Waals surface area contributed by atoms with Crippen molar-refractivity contribution in [2.45, 2.75) is 0 Å². The molecule has 4 heteroatoms. The summed E-state index contributed by atoms with van der Waals surface area (Å²) in [4.78, 5) is 12.8. The number of benzene rings is 1. The van der Waals surface area contributed by atoms with Crippen molar-refractivity contribution in [2.75, 3.05) is 12.4 Å². The second-order valence-corrected chi connectivity index (χ2v) is 3.56. The van der Waals surface area contributed by atoms with Crippen LogP contribution >= 0.6 is 11.6 Å². The highest BCUT2D eigenvalue weighted by atomic mass is 35.5. The third-order valence-electron chi connectivity index (χ3n) is 2.24.